The first kappa shape index (κ1) is 15.7. The lowest BCUT2D eigenvalue weighted by molar-refractivity contribution is -0.128. The smallest absolute Gasteiger partial charge is 0.224 e. The van der Waals surface area contributed by atoms with Gasteiger partial charge in [-0.1, -0.05) is 11.8 Å². The molecule has 1 aliphatic rings. The number of nitrogens with zero attached hydrogens (tertiary/aromatic N) is 1. The Bertz CT molecular complexity index is 546. The molecule has 0 saturated carbocycles. The van der Waals surface area contributed by atoms with Crippen molar-refractivity contribution in [2.45, 2.75) is 25.1 Å². The molecule has 0 aromatic heterocycles. The Labute approximate surface area is 128 Å². The number of amides is 1. The Morgan fingerprint density at radius 3 is 2.76 bits per heavy atom. The van der Waals surface area contributed by atoms with Crippen molar-refractivity contribution >= 4 is 22.8 Å². The molecule has 0 spiro atoms. The molecule has 0 aliphatic carbocycles. The first-order chi connectivity index (χ1) is 10.0. The highest BCUT2D eigenvalue weighted by atomic mass is 32.2. The Balaban J connectivity index is 2.08. The average molecular weight is 309 g/mol. The highest BCUT2D eigenvalue weighted by Gasteiger charge is 2.31. The molecule has 0 N–H and O–H groups in total. The van der Waals surface area contributed by atoms with Crippen molar-refractivity contribution in [1.82, 2.24) is 4.90 Å². The van der Waals surface area contributed by atoms with E-state index in [1.807, 2.05) is 12.1 Å². The first-order valence-corrected chi connectivity index (χ1v) is 7.57. The minimum atomic E-state index is 0.0525. The molecule has 1 unspecified atom stereocenters. The van der Waals surface area contributed by atoms with Crippen LogP contribution in [0.25, 0.3) is 0 Å². The highest BCUT2D eigenvalue weighted by molar-refractivity contribution is 8.14. The number of thioether (sulfide) groups is 1. The van der Waals surface area contributed by atoms with Crippen molar-refractivity contribution in [2.24, 2.45) is 0 Å². The van der Waals surface area contributed by atoms with Gasteiger partial charge in [0.1, 0.15) is 11.5 Å². The predicted molar refractivity (Wildman–Crippen MR) is 81.6 cm³/mol. The summed E-state index contributed by atoms with van der Waals surface area (Å²) in [6.45, 7) is 2.61. The van der Waals surface area contributed by atoms with Gasteiger partial charge in [-0.3, -0.25) is 9.59 Å². The summed E-state index contributed by atoms with van der Waals surface area (Å²) < 4.78 is 10.5. The normalized spacial score (nSPS) is 18.0. The van der Waals surface area contributed by atoms with E-state index in [0.29, 0.717) is 31.0 Å². The van der Waals surface area contributed by atoms with Crippen molar-refractivity contribution in [1.29, 1.82) is 0 Å². The summed E-state index contributed by atoms with van der Waals surface area (Å²) >= 11 is 1.24. The van der Waals surface area contributed by atoms with E-state index < -0.39 is 0 Å². The topological polar surface area (TPSA) is 55.8 Å². The number of likely N-dealkylation sites (tertiary alicyclic amines) is 1. The van der Waals surface area contributed by atoms with Crippen molar-refractivity contribution in [3.63, 3.8) is 0 Å². The number of carbonyl (C=O) groups excluding carboxylic acids is 2. The van der Waals surface area contributed by atoms with Crippen LogP contribution in [0.2, 0.25) is 0 Å². The molecule has 21 heavy (non-hydrogen) atoms. The summed E-state index contributed by atoms with van der Waals surface area (Å²) in [7, 11) is 3.19. The quantitative estimate of drug-likeness (QED) is 0.833. The van der Waals surface area contributed by atoms with Gasteiger partial charge in [0.2, 0.25) is 5.91 Å². The van der Waals surface area contributed by atoms with Gasteiger partial charge in [0.15, 0.2) is 5.12 Å². The zero-order chi connectivity index (χ0) is 15.4. The second kappa shape index (κ2) is 6.85. The van der Waals surface area contributed by atoms with Crippen molar-refractivity contribution in [3.8, 4) is 11.5 Å². The van der Waals surface area contributed by atoms with Gasteiger partial charge in [0, 0.05) is 43.3 Å². The maximum atomic E-state index is 12.0. The summed E-state index contributed by atoms with van der Waals surface area (Å²) in [5.41, 5.74) is 0.931. The van der Waals surface area contributed by atoms with Crippen molar-refractivity contribution < 1.29 is 19.1 Å². The molecule has 1 amide bonds. The molecule has 1 aromatic carbocycles. The van der Waals surface area contributed by atoms with E-state index in [9.17, 15) is 9.59 Å². The molecule has 1 saturated heterocycles. The van der Waals surface area contributed by atoms with Gasteiger partial charge in [-0.05, 0) is 12.1 Å². The van der Waals surface area contributed by atoms with Crippen LogP contribution in [0.3, 0.4) is 0 Å². The van der Waals surface area contributed by atoms with Gasteiger partial charge in [-0.15, -0.1) is 0 Å². The zero-order valence-electron chi connectivity index (χ0n) is 12.4. The standard InChI is InChI=1S/C15H19NO4S/c1-10(17)21-13-7-15(18)16(9-13)8-11-4-5-12(19-2)6-14(11)20-3/h4-6,13H,7-9H2,1-3H3. The number of rotatable bonds is 5. The van der Waals surface area contributed by atoms with Crippen molar-refractivity contribution in [3.05, 3.63) is 23.8 Å². The second-order valence-electron chi connectivity index (χ2n) is 4.89. The van der Waals surface area contributed by atoms with Gasteiger partial charge >= 0.3 is 0 Å². The molecule has 5 nitrogen and oxygen atoms in total. The maximum Gasteiger partial charge on any atom is 0.224 e. The fourth-order valence-electron chi connectivity index (χ4n) is 2.39. The van der Waals surface area contributed by atoms with Gasteiger partial charge in [-0.25, -0.2) is 0 Å². The molecule has 6 heteroatoms. The molecule has 0 bridgehead atoms. The Morgan fingerprint density at radius 2 is 2.14 bits per heavy atom. The lowest BCUT2D eigenvalue weighted by Gasteiger charge is -2.18. The summed E-state index contributed by atoms with van der Waals surface area (Å²) in [6, 6.07) is 5.55. The van der Waals surface area contributed by atoms with Gasteiger partial charge in [0.05, 0.1) is 14.2 Å². The molecule has 1 aliphatic heterocycles. The van der Waals surface area contributed by atoms with Gasteiger partial charge in [-0.2, -0.15) is 0 Å². The molecule has 0 radical (unpaired) electrons. The van der Waals surface area contributed by atoms with E-state index in [0.717, 1.165) is 5.56 Å². The largest absolute Gasteiger partial charge is 0.497 e. The van der Waals surface area contributed by atoms with Crippen LogP contribution >= 0.6 is 11.8 Å². The summed E-state index contributed by atoms with van der Waals surface area (Å²) in [5, 5.41) is 0.107. The van der Waals surface area contributed by atoms with Crippen LogP contribution in [0.5, 0.6) is 11.5 Å². The highest BCUT2D eigenvalue weighted by Crippen LogP contribution is 2.29. The van der Waals surface area contributed by atoms with E-state index in [1.165, 1.54) is 18.7 Å². The summed E-state index contributed by atoms with van der Waals surface area (Å²) in [4.78, 5) is 24.9. The van der Waals surface area contributed by atoms with E-state index in [-0.39, 0.29) is 16.3 Å². The third-order valence-electron chi connectivity index (χ3n) is 3.37. The lowest BCUT2D eigenvalue weighted by atomic mass is 10.2. The maximum absolute atomic E-state index is 12.0. The third-order valence-corrected chi connectivity index (χ3v) is 4.35. The van der Waals surface area contributed by atoms with E-state index in [2.05, 4.69) is 0 Å². The van der Waals surface area contributed by atoms with Crippen LogP contribution in [0, 0.1) is 0 Å². The molecule has 1 fully saturated rings. The van der Waals surface area contributed by atoms with Crippen LogP contribution in [0.15, 0.2) is 18.2 Å². The molecule has 2 rings (SSSR count). The van der Waals surface area contributed by atoms with Gasteiger partial charge in [0.25, 0.3) is 0 Å². The van der Waals surface area contributed by atoms with E-state index >= 15 is 0 Å². The van der Waals surface area contributed by atoms with Crippen LogP contribution in [0.1, 0.15) is 18.9 Å². The number of benzene rings is 1. The molecule has 1 aromatic rings. The van der Waals surface area contributed by atoms with Crippen LogP contribution in [0.4, 0.5) is 0 Å². The summed E-state index contributed by atoms with van der Waals surface area (Å²) in [5.74, 6) is 1.49. The SMILES string of the molecule is COc1ccc(CN2CC(SC(C)=O)CC2=O)c(OC)c1. The van der Waals surface area contributed by atoms with Crippen molar-refractivity contribution in [2.75, 3.05) is 20.8 Å². The third kappa shape index (κ3) is 3.91. The number of ether oxygens (including phenoxy) is 2. The summed E-state index contributed by atoms with van der Waals surface area (Å²) in [6.07, 6.45) is 0.419. The second-order valence-corrected chi connectivity index (χ2v) is 6.36. The number of methoxy groups -OCH3 is 2. The van der Waals surface area contributed by atoms with Crippen LogP contribution < -0.4 is 9.47 Å². The molecule has 1 atom stereocenters. The Kier molecular flexibility index (Phi) is 5.12. The minimum absolute atomic E-state index is 0.0525. The molecular weight excluding hydrogens is 290 g/mol. The zero-order valence-corrected chi connectivity index (χ0v) is 13.2. The molecular formula is C15H19NO4S. The van der Waals surface area contributed by atoms with Crippen LogP contribution in [-0.4, -0.2) is 41.9 Å². The predicted octanol–water partition coefficient (Wildman–Crippen LogP) is 2.08. The molecule has 114 valence electrons. The van der Waals surface area contributed by atoms with Gasteiger partial charge < -0.3 is 14.4 Å². The van der Waals surface area contributed by atoms with E-state index in [1.54, 1.807) is 25.2 Å². The Hall–Kier alpha value is -1.69. The fourth-order valence-corrected chi connectivity index (χ4v) is 3.34. The average Bonchev–Trinajstić information content (AvgIpc) is 2.78. The molecule has 1 heterocycles. The van der Waals surface area contributed by atoms with E-state index in [4.69, 9.17) is 9.47 Å². The monoisotopic (exact) mass is 309 g/mol. The number of carbonyl (C=O) groups is 2. The Morgan fingerprint density at radius 1 is 1.38 bits per heavy atom. The first-order valence-electron chi connectivity index (χ1n) is 6.69. The fraction of sp³-hybridized carbons (Fsp3) is 0.467. The number of hydrogen-bond acceptors (Lipinski definition) is 5. The lowest BCUT2D eigenvalue weighted by Crippen LogP contribution is -2.25. The number of hydrogen-bond donors (Lipinski definition) is 0. The van der Waals surface area contributed by atoms with Crippen LogP contribution in [-0.2, 0) is 16.1 Å². The minimum Gasteiger partial charge on any atom is -0.497 e.